The number of aryl methyl sites for hydroxylation is 1. The molecule has 0 aromatic heterocycles. The quantitative estimate of drug-likeness (QED) is 0.748. The van der Waals surface area contributed by atoms with Crippen LogP contribution in [0.1, 0.15) is 22.8 Å². The van der Waals surface area contributed by atoms with E-state index in [9.17, 15) is 18.0 Å². The lowest BCUT2D eigenvalue weighted by Gasteiger charge is -2.34. The van der Waals surface area contributed by atoms with E-state index in [-0.39, 0.29) is 42.9 Å². The van der Waals surface area contributed by atoms with E-state index >= 15 is 0 Å². The smallest absolute Gasteiger partial charge is 0.265 e. The molecule has 32 heavy (non-hydrogen) atoms. The van der Waals surface area contributed by atoms with Crippen molar-refractivity contribution < 1.29 is 27.5 Å². The SMILES string of the molecule is COc1ccccc1C(=O)N1CCN(S(=O)(=O)c2cc3c(cc2C)NC(=O)C(C)O3)CC1. The average molecular weight is 460 g/mol. The number of carbonyl (C=O) groups is 2. The first-order chi connectivity index (χ1) is 15.2. The normalized spacial score (nSPS) is 19.0. The minimum Gasteiger partial charge on any atom is -0.496 e. The largest absolute Gasteiger partial charge is 0.496 e. The highest BCUT2D eigenvalue weighted by atomic mass is 32.2. The number of benzene rings is 2. The number of methoxy groups -OCH3 is 1. The second kappa shape index (κ2) is 8.44. The summed E-state index contributed by atoms with van der Waals surface area (Å²) in [4.78, 5) is 26.5. The Labute approximate surface area is 187 Å². The Balaban J connectivity index is 1.52. The Hall–Kier alpha value is -3.11. The van der Waals surface area contributed by atoms with Crippen molar-refractivity contribution in [3.05, 3.63) is 47.5 Å². The maximum Gasteiger partial charge on any atom is 0.265 e. The van der Waals surface area contributed by atoms with Gasteiger partial charge in [-0.25, -0.2) is 8.42 Å². The van der Waals surface area contributed by atoms with E-state index in [1.807, 2.05) is 0 Å². The average Bonchev–Trinajstić information content (AvgIpc) is 2.79. The molecular weight excluding hydrogens is 434 g/mol. The summed E-state index contributed by atoms with van der Waals surface area (Å²) in [5.74, 6) is 0.343. The number of fused-ring (bicyclic) bond motifs is 1. The highest BCUT2D eigenvalue weighted by Gasteiger charge is 2.34. The van der Waals surface area contributed by atoms with Gasteiger partial charge in [-0.3, -0.25) is 9.59 Å². The van der Waals surface area contributed by atoms with Crippen molar-refractivity contribution in [3.63, 3.8) is 0 Å². The third-order valence-corrected chi connectivity index (χ3v) is 7.73. The minimum atomic E-state index is -3.81. The fraction of sp³-hybridized carbons (Fsp3) is 0.364. The van der Waals surface area contributed by atoms with E-state index < -0.39 is 16.1 Å². The molecule has 1 fully saturated rings. The van der Waals surface area contributed by atoms with E-state index in [4.69, 9.17) is 9.47 Å². The van der Waals surface area contributed by atoms with E-state index in [1.165, 1.54) is 17.5 Å². The number of sulfonamides is 1. The molecule has 2 amide bonds. The number of hydrogen-bond donors (Lipinski definition) is 1. The Morgan fingerprint density at radius 3 is 2.53 bits per heavy atom. The molecular formula is C22H25N3O6S. The summed E-state index contributed by atoms with van der Waals surface area (Å²) in [7, 11) is -2.30. The third-order valence-electron chi connectivity index (χ3n) is 5.69. The zero-order chi connectivity index (χ0) is 23.0. The molecule has 2 aliphatic rings. The summed E-state index contributed by atoms with van der Waals surface area (Å²) in [5.41, 5.74) is 1.41. The van der Waals surface area contributed by atoms with Crippen LogP contribution in [0.4, 0.5) is 5.69 Å². The molecule has 1 atom stereocenters. The summed E-state index contributed by atoms with van der Waals surface area (Å²) in [6.07, 6.45) is -0.703. The van der Waals surface area contributed by atoms with E-state index in [1.54, 1.807) is 49.1 Å². The molecule has 0 bridgehead atoms. The van der Waals surface area contributed by atoms with E-state index in [0.29, 0.717) is 28.3 Å². The first kappa shape index (κ1) is 22.1. The zero-order valence-electron chi connectivity index (χ0n) is 18.1. The van der Waals surface area contributed by atoms with Crippen LogP contribution in [0.3, 0.4) is 0 Å². The lowest BCUT2D eigenvalue weighted by Crippen LogP contribution is -2.50. The van der Waals surface area contributed by atoms with Crippen LogP contribution < -0.4 is 14.8 Å². The Morgan fingerprint density at radius 2 is 1.84 bits per heavy atom. The van der Waals surface area contributed by atoms with Crippen LogP contribution in [-0.4, -0.2) is 68.8 Å². The number of carbonyl (C=O) groups excluding carboxylic acids is 2. The van der Waals surface area contributed by atoms with Gasteiger partial charge in [0.2, 0.25) is 10.0 Å². The zero-order valence-corrected chi connectivity index (χ0v) is 18.9. The summed E-state index contributed by atoms with van der Waals surface area (Å²) >= 11 is 0. The van der Waals surface area contributed by atoms with Gasteiger partial charge in [0, 0.05) is 32.2 Å². The maximum atomic E-state index is 13.3. The Bertz CT molecular complexity index is 1170. The molecule has 0 aliphatic carbocycles. The second-order valence-corrected chi connectivity index (χ2v) is 9.67. The molecule has 0 radical (unpaired) electrons. The Kier molecular flexibility index (Phi) is 5.83. The summed E-state index contributed by atoms with van der Waals surface area (Å²) in [5, 5.41) is 2.73. The molecule has 0 spiro atoms. The second-order valence-electron chi connectivity index (χ2n) is 7.76. The molecule has 2 aromatic carbocycles. The van der Waals surface area contributed by atoms with Gasteiger partial charge in [-0.2, -0.15) is 4.31 Å². The lowest BCUT2D eigenvalue weighted by molar-refractivity contribution is -0.122. The summed E-state index contributed by atoms with van der Waals surface area (Å²) in [6, 6.07) is 10.0. The summed E-state index contributed by atoms with van der Waals surface area (Å²) < 4.78 is 38.9. The van der Waals surface area contributed by atoms with Gasteiger partial charge in [-0.15, -0.1) is 0 Å². The molecule has 2 heterocycles. The van der Waals surface area contributed by atoms with Crippen LogP contribution in [0, 0.1) is 6.92 Å². The standard InChI is InChI=1S/C22H25N3O6S/c1-14-12-17-19(31-15(2)21(26)23-17)13-20(14)32(28,29)25-10-8-24(9-11-25)22(27)16-6-4-5-7-18(16)30-3/h4-7,12-13,15H,8-11H2,1-3H3,(H,23,26). The molecule has 0 saturated carbocycles. The van der Waals surface area contributed by atoms with Crippen molar-refractivity contribution in [3.8, 4) is 11.5 Å². The van der Waals surface area contributed by atoms with Gasteiger partial charge in [0.25, 0.3) is 11.8 Å². The topological polar surface area (TPSA) is 105 Å². The van der Waals surface area contributed by atoms with Crippen molar-refractivity contribution in [2.45, 2.75) is 24.8 Å². The number of piperazine rings is 1. The van der Waals surface area contributed by atoms with Gasteiger partial charge < -0.3 is 19.7 Å². The number of anilines is 1. The first-order valence-corrected chi connectivity index (χ1v) is 11.7. The van der Waals surface area contributed by atoms with Crippen LogP contribution in [0.15, 0.2) is 41.3 Å². The molecule has 2 aliphatic heterocycles. The molecule has 1 unspecified atom stereocenters. The van der Waals surface area contributed by atoms with E-state index in [2.05, 4.69) is 5.32 Å². The number of ether oxygens (including phenoxy) is 2. The lowest BCUT2D eigenvalue weighted by atomic mass is 10.1. The highest BCUT2D eigenvalue weighted by molar-refractivity contribution is 7.89. The van der Waals surface area contributed by atoms with Crippen LogP contribution >= 0.6 is 0 Å². The first-order valence-electron chi connectivity index (χ1n) is 10.3. The highest BCUT2D eigenvalue weighted by Crippen LogP contribution is 2.35. The maximum absolute atomic E-state index is 13.3. The van der Waals surface area contributed by atoms with Crippen molar-refractivity contribution in [2.75, 3.05) is 38.6 Å². The number of hydrogen-bond acceptors (Lipinski definition) is 6. The third kappa shape index (κ3) is 3.91. The summed E-state index contributed by atoms with van der Waals surface area (Å²) in [6.45, 7) is 4.16. The van der Waals surface area contributed by atoms with Gasteiger partial charge >= 0.3 is 0 Å². The molecule has 170 valence electrons. The molecule has 1 saturated heterocycles. The molecule has 9 nitrogen and oxygen atoms in total. The number of amides is 2. The van der Waals surface area contributed by atoms with Gasteiger partial charge in [0.15, 0.2) is 6.10 Å². The fourth-order valence-electron chi connectivity index (χ4n) is 3.88. The minimum absolute atomic E-state index is 0.129. The van der Waals surface area contributed by atoms with Crippen LogP contribution in [-0.2, 0) is 14.8 Å². The fourth-order valence-corrected chi connectivity index (χ4v) is 5.53. The van der Waals surface area contributed by atoms with E-state index in [0.717, 1.165) is 0 Å². The predicted molar refractivity (Wildman–Crippen MR) is 118 cm³/mol. The van der Waals surface area contributed by atoms with Crippen molar-refractivity contribution in [1.29, 1.82) is 0 Å². The molecule has 2 aromatic rings. The van der Waals surface area contributed by atoms with Gasteiger partial charge in [-0.05, 0) is 37.6 Å². The van der Waals surface area contributed by atoms with Crippen molar-refractivity contribution in [1.82, 2.24) is 9.21 Å². The van der Waals surface area contributed by atoms with Gasteiger partial charge in [-0.1, -0.05) is 12.1 Å². The molecule has 10 heteroatoms. The van der Waals surface area contributed by atoms with Gasteiger partial charge in [0.05, 0.1) is 23.3 Å². The number of rotatable bonds is 4. The predicted octanol–water partition coefficient (Wildman–Crippen LogP) is 1.87. The molecule has 1 N–H and O–H groups in total. The molecule has 4 rings (SSSR count). The van der Waals surface area contributed by atoms with Gasteiger partial charge in [0.1, 0.15) is 11.5 Å². The van der Waals surface area contributed by atoms with Crippen LogP contribution in [0.5, 0.6) is 11.5 Å². The van der Waals surface area contributed by atoms with Crippen LogP contribution in [0.25, 0.3) is 0 Å². The Morgan fingerprint density at radius 1 is 1.16 bits per heavy atom. The number of nitrogens with zero attached hydrogens (tertiary/aromatic N) is 2. The monoisotopic (exact) mass is 459 g/mol. The van der Waals surface area contributed by atoms with Crippen LogP contribution in [0.2, 0.25) is 0 Å². The van der Waals surface area contributed by atoms with Crippen molar-refractivity contribution in [2.24, 2.45) is 0 Å². The van der Waals surface area contributed by atoms with Crippen molar-refractivity contribution >= 4 is 27.5 Å². The number of nitrogens with one attached hydrogen (secondary N) is 1. The number of para-hydroxylation sites is 1.